The first-order chi connectivity index (χ1) is 13.2. The zero-order valence-corrected chi connectivity index (χ0v) is 14.7. The summed E-state index contributed by atoms with van der Waals surface area (Å²) in [6.45, 7) is 0.575. The molecule has 0 saturated carbocycles. The lowest BCUT2D eigenvalue weighted by Crippen LogP contribution is -2.09. The molecule has 1 aliphatic heterocycles. The van der Waals surface area contributed by atoms with Crippen LogP contribution in [0.3, 0.4) is 0 Å². The van der Waals surface area contributed by atoms with Crippen molar-refractivity contribution in [1.82, 2.24) is 0 Å². The summed E-state index contributed by atoms with van der Waals surface area (Å²) in [6.07, 6.45) is 0.130. The lowest BCUT2D eigenvalue weighted by molar-refractivity contribution is -0.144. The van der Waals surface area contributed by atoms with Gasteiger partial charge in [-0.2, -0.15) is 0 Å². The SMILES string of the molecule is O=C(Cc1ccc2c(c1)OCc1ccccc1C2=O)OCc1ccccc1. The molecule has 1 heterocycles. The number of hydrogen-bond acceptors (Lipinski definition) is 4. The van der Waals surface area contributed by atoms with Crippen LogP contribution < -0.4 is 4.74 Å². The molecule has 4 heteroatoms. The van der Waals surface area contributed by atoms with E-state index in [0.29, 0.717) is 23.5 Å². The van der Waals surface area contributed by atoms with E-state index in [-0.39, 0.29) is 24.8 Å². The van der Waals surface area contributed by atoms with Crippen LogP contribution in [0.4, 0.5) is 0 Å². The Morgan fingerprint density at radius 2 is 1.67 bits per heavy atom. The maximum Gasteiger partial charge on any atom is 0.310 e. The van der Waals surface area contributed by atoms with E-state index in [2.05, 4.69) is 0 Å². The Labute approximate surface area is 157 Å². The fourth-order valence-electron chi connectivity index (χ4n) is 3.11. The Bertz CT molecular complexity index is 992. The van der Waals surface area contributed by atoms with Gasteiger partial charge in [-0.15, -0.1) is 0 Å². The summed E-state index contributed by atoms with van der Waals surface area (Å²) in [5.74, 6) is 0.128. The van der Waals surface area contributed by atoms with Crippen molar-refractivity contribution in [3.63, 3.8) is 0 Å². The van der Waals surface area contributed by atoms with Gasteiger partial charge in [0, 0.05) is 11.1 Å². The maximum absolute atomic E-state index is 12.7. The van der Waals surface area contributed by atoms with E-state index >= 15 is 0 Å². The number of hydrogen-bond donors (Lipinski definition) is 0. The first kappa shape index (κ1) is 17.0. The summed E-state index contributed by atoms with van der Waals surface area (Å²) < 4.78 is 11.1. The highest BCUT2D eigenvalue weighted by Crippen LogP contribution is 2.29. The van der Waals surface area contributed by atoms with Crippen LogP contribution in [-0.2, 0) is 29.2 Å². The number of fused-ring (bicyclic) bond motifs is 2. The van der Waals surface area contributed by atoms with Gasteiger partial charge in [-0.25, -0.2) is 0 Å². The van der Waals surface area contributed by atoms with Gasteiger partial charge in [-0.1, -0.05) is 60.7 Å². The van der Waals surface area contributed by atoms with Crippen LogP contribution in [0.25, 0.3) is 0 Å². The minimum Gasteiger partial charge on any atom is -0.488 e. The number of carbonyl (C=O) groups is 2. The van der Waals surface area contributed by atoms with Crippen LogP contribution in [0.5, 0.6) is 5.75 Å². The molecule has 27 heavy (non-hydrogen) atoms. The number of benzene rings is 3. The summed E-state index contributed by atoms with van der Waals surface area (Å²) in [7, 11) is 0. The molecule has 1 aliphatic rings. The predicted octanol–water partition coefficient (Wildman–Crippen LogP) is 4.10. The number of ketones is 1. The summed E-state index contributed by atoms with van der Waals surface area (Å²) in [5.41, 5.74) is 3.74. The molecule has 0 fully saturated rings. The second-order valence-electron chi connectivity index (χ2n) is 6.43. The fourth-order valence-corrected chi connectivity index (χ4v) is 3.11. The fraction of sp³-hybridized carbons (Fsp3) is 0.130. The van der Waals surface area contributed by atoms with Crippen molar-refractivity contribution >= 4 is 11.8 Å². The topological polar surface area (TPSA) is 52.6 Å². The number of esters is 1. The van der Waals surface area contributed by atoms with Crippen molar-refractivity contribution in [3.05, 3.63) is 101 Å². The van der Waals surface area contributed by atoms with E-state index in [4.69, 9.17) is 9.47 Å². The summed E-state index contributed by atoms with van der Waals surface area (Å²) in [4.78, 5) is 24.9. The quantitative estimate of drug-likeness (QED) is 0.659. The first-order valence-corrected chi connectivity index (χ1v) is 8.78. The molecule has 0 saturated heterocycles. The average Bonchev–Trinajstić information content (AvgIpc) is 2.84. The smallest absolute Gasteiger partial charge is 0.310 e. The van der Waals surface area contributed by atoms with Gasteiger partial charge < -0.3 is 9.47 Å². The number of carbonyl (C=O) groups excluding carboxylic acids is 2. The zero-order valence-electron chi connectivity index (χ0n) is 14.7. The molecule has 3 aromatic carbocycles. The molecular weight excluding hydrogens is 340 g/mol. The number of rotatable bonds is 4. The monoisotopic (exact) mass is 358 g/mol. The predicted molar refractivity (Wildman–Crippen MR) is 101 cm³/mol. The zero-order chi connectivity index (χ0) is 18.6. The van der Waals surface area contributed by atoms with Gasteiger partial charge in [-0.3, -0.25) is 9.59 Å². The molecule has 0 spiro atoms. The van der Waals surface area contributed by atoms with Crippen LogP contribution in [0, 0.1) is 0 Å². The van der Waals surface area contributed by atoms with E-state index in [1.807, 2.05) is 54.6 Å². The Morgan fingerprint density at radius 1 is 0.889 bits per heavy atom. The third-order valence-electron chi connectivity index (χ3n) is 4.53. The van der Waals surface area contributed by atoms with E-state index < -0.39 is 0 Å². The summed E-state index contributed by atoms with van der Waals surface area (Å²) in [6, 6.07) is 22.2. The molecule has 134 valence electrons. The molecule has 0 N–H and O–H groups in total. The molecule has 4 nitrogen and oxygen atoms in total. The van der Waals surface area contributed by atoms with Gasteiger partial charge in [-0.05, 0) is 23.3 Å². The summed E-state index contributed by atoms with van der Waals surface area (Å²) in [5, 5.41) is 0. The van der Waals surface area contributed by atoms with E-state index in [1.165, 1.54) is 0 Å². The molecule has 0 aliphatic carbocycles. The molecule has 0 aromatic heterocycles. The van der Waals surface area contributed by atoms with Crippen LogP contribution in [-0.4, -0.2) is 11.8 Å². The Balaban J connectivity index is 1.47. The standard InChI is InChI=1S/C23H18O4/c24-22(27-14-16-6-2-1-3-7-16)13-17-10-11-20-21(12-17)26-15-18-8-4-5-9-19(18)23(20)25/h1-12H,13-15H2. The molecular formula is C23H18O4. The van der Waals surface area contributed by atoms with Crippen LogP contribution in [0.15, 0.2) is 72.8 Å². The number of ether oxygens (including phenoxy) is 2. The van der Waals surface area contributed by atoms with Crippen molar-refractivity contribution in [1.29, 1.82) is 0 Å². The highest BCUT2D eigenvalue weighted by molar-refractivity contribution is 6.12. The van der Waals surface area contributed by atoms with Crippen molar-refractivity contribution < 1.29 is 19.1 Å². The molecule has 0 unspecified atom stereocenters. The van der Waals surface area contributed by atoms with E-state index in [9.17, 15) is 9.59 Å². The van der Waals surface area contributed by atoms with Gasteiger partial charge in [0.05, 0.1) is 12.0 Å². The largest absolute Gasteiger partial charge is 0.488 e. The summed E-state index contributed by atoms with van der Waals surface area (Å²) >= 11 is 0. The normalized spacial score (nSPS) is 12.4. The van der Waals surface area contributed by atoms with Crippen LogP contribution in [0.1, 0.15) is 32.6 Å². The van der Waals surface area contributed by atoms with Gasteiger partial charge >= 0.3 is 5.97 Å². The molecule has 0 atom stereocenters. The Kier molecular flexibility index (Phi) is 4.71. The van der Waals surface area contributed by atoms with Gasteiger partial charge in [0.1, 0.15) is 19.0 Å². The third kappa shape index (κ3) is 3.75. The van der Waals surface area contributed by atoms with E-state index in [1.54, 1.807) is 18.2 Å². The van der Waals surface area contributed by atoms with Crippen molar-refractivity contribution in [3.8, 4) is 5.75 Å². The molecule has 3 aromatic rings. The minimum atomic E-state index is -0.318. The minimum absolute atomic E-state index is 0.0590. The second-order valence-corrected chi connectivity index (χ2v) is 6.43. The lowest BCUT2D eigenvalue weighted by atomic mass is 9.98. The van der Waals surface area contributed by atoms with Crippen LogP contribution in [0.2, 0.25) is 0 Å². The third-order valence-corrected chi connectivity index (χ3v) is 4.53. The maximum atomic E-state index is 12.7. The van der Waals surface area contributed by atoms with Gasteiger partial charge in [0.15, 0.2) is 5.78 Å². The Morgan fingerprint density at radius 3 is 2.52 bits per heavy atom. The lowest BCUT2D eigenvalue weighted by Gasteiger charge is -2.09. The average molecular weight is 358 g/mol. The van der Waals surface area contributed by atoms with Crippen molar-refractivity contribution in [2.45, 2.75) is 19.6 Å². The Hall–Kier alpha value is -3.40. The van der Waals surface area contributed by atoms with Crippen molar-refractivity contribution in [2.24, 2.45) is 0 Å². The van der Waals surface area contributed by atoms with Gasteiger partial charge in [0.25, 0.3) is 0 Å². The molecule has 0 amide bonds. The van der Waals surface area contributed by atoms with Crippen molar-refractivity contribution in [2.75, 3.05) is 0 Å². The van der Waals surface area contributed by atoms with Crippen LogP contribution >= 0.6 is 0 Å². The molecule has 0 radical (unpaired) electrons. The molecule has 0 bridgehead atoms. The van der Waals surface area contributed by atoms with Gasteiger partial charge in [0.2, 0.25) is 0 Å². The molecule has 4 rings (SSSR count). The first-order valence-electron chi connectivity index (χ1n) is 8.78. The van der Waals surface area contributed by atoms with E-state index in [0.717, 1.165) is 16.7 Å². The second kappa shape index (κ2) is 7.46. The highest BCUT2D eigenvalue weighted by Gasteiger charge is 2.22. The highest BCUT2D eigenvalue weighted by atomic mass is 16.5.